The summed E-state index contributed by atoms with van der Waals surface area (Å²) >= 11 is 0. The topological polar surface area (TPSA) is 80.3 Å². The quantitative estimate of drug-likeness (QED) is 0.854. The van der Waals surface area contributed by atoms with Crippen LogP contribution >= 0.6 is 0 Å². The van der Waals surface area contributed by atoms with Gasteiger partial charge >= 0.3 is 0 Å². The highest BCUT2D eigenvalue weighted by Crippen LogP contribution is 2.29. The molecule has 0 spiro atoms. The Balaban J connectivity index is 2.11. The molecular formula is C13H21N3O3S. The van der Waals surface area contributed by atoms with E-state index in [9.17, 15) is 8.42 Å². The summed E-state index contributed by atoms with van der Waals surface area (Å²) in [6, 6.07) is 3.17. The Bertz CT molecular complexity index is 554. The molecule has 1 fully saturated rings. The zero-order valence-corrected chi connectivity index (χ0v) is 12.7. The molecule has 2 rings (SSSR count). The highest BCUT2D eigenvalue weighted by atomic mass is 32.2. The van der Waals surface area contributed by atoms with E-state index in [0.717, 1.165) is 12.8 Å². The molecule has 0 saturated carbocycles. The average Bonchev–Trinajstić information content (AvgIpc) is 2.46. The molecule has 0 unspecified atom stereocenters. The van der Waals surface area contributed by atoms with Crippen LogP contribution in [-0.2, 0) is 14.8 Å². The molecule has 0 amide bonds. The molecule has 1 aliphatic rings. The number of sulfonamides is 1. The van der Waals surface area contributed by atoms with Crippen LogP contribution < -0.4 is 10.0 Å². The van der Waals surface area contributed by atoms with Crippen LogP contribution in [0, 0.1) is 5.41 Å². The molecule has 0 aliphatic carbocycles. The van der Waals surface area contributed by atoms with Crippen LogP contribution in [-0.4, -0.2) is 40.2 Å². The van der Waals surface area contributed by atoms with E-state index >= 15 is 0 Å². The van der Waals surface area contributed by atoms with Crippen LogP contribution in [0.25, 0.3) is 0 Å². The number of anilines is 1. The Kier molecular flexibility index (Phi) is 4.62. The van der Waals surface area contributed by atoms with Gasteiger partial charge in [0.1, 0.15) is 10.7 Å². The van der Waals surface area contributed by atoms with Crippen molar-refractivity contribution in [3.63, 3.8) is 0 Å². The van der Waals surface area contributed by atoms with E-state index in [-0.39, 0.29) is 10.3 Å². The highest BCUT2D eigenvalue weighted by Gasteiger charge is 2.30. The number of pyridine rings is 1. The fraction of sp³-hybridized carbons (Fsp3) is 0.615. The second-order valence-corrected chi connectivity index (χ2v) is 7.08. The number of aromatic nitrogens is 1. The lowest BCUT2D eigenvalue weighted by molar-refractivity contribution is 0.0265. The lowest BCUT2D eigenvalue weighted by atomic mass is 9.83. The van der Waals surface area contributed by atoms with Crippen molar-refractivity contribution in [2.45, 2.75) is 24.7 Å². The summed E-state index contributed by atoms with van der Waals surface area (Å²) < 4.78 is 32.8. The molecule has 2 heterocycles. The van der Waals surface area contributed by atoms with Gasteiger partial charge in [-0.1, -0.05) is 6.92 Å². The average molecular weight is 299 g/mol. The van der Waals surface area contributed by atoms with Crippen molar-refractivity contribution in [1.29, 1.82) is 0 Å². The van der Waals surface area contributed by atoms with Gasteiger partial charge in [0.05, 0.1) is 0 Å². The third kappa shape index (κ3) is 3.47. The lowest BCUT2D eigenvalue weighted by Crippen LogP contribution is -2.39. The second-order valence-electron chi connectivity index (χ2n) is 5.35. The molecule has 0 radical (unpaired) electrons. The first-order valence-corrected chi connectivity index (χ1v) is 8.15. The summed E-state index contributed by atoms with van der Waals surface area (Å²) in [5, 5.41) is 2.80. The second kappa shape index (κ2) is 6.07. The predicted octanol–water partition coefficient (Wildman–Crippen LogP) is 1.22. The minimum absolute atomic E-state index is 0.0483. The zero-order chi connectivity index (χ0) is 14.6. The third-order valence-electron chi connectivity index (χ3n) is 3.69. The fourth-order valence-electron chi connectivity index (χ4n) is 2.18. The maximum atomic E-state index is 12.4. The highest BCUT2D eigenvalue weighted by molar-refractivity contribution is 7.89. The Morgan fingerprint density at radius 3 is 2.75 bits per heavy atom. The van der Waals surface area contributed by atoms with Gasteiger partial charge in [0.2, 0.25) is 10.0 Å². The van der Waals surface area contributed by atoms with Gasteiger partial charge in [-0.05, 0) is 30.4 Å². The van der Waals surface area contributed by atoms with Crippen molar-refractivity contribution >= 4 is 15.8 Å². The van der Waals surface area contributed by atoms with Gasteiger partial charge in [0.25, 0.3) is 0 Å². The Morgan fingerprint density at radius 1 is 1.40 bits per heavy atom. The molecule has 2 N–H and O–H groups in total. The van der Waals surface area contributed by atoms with Gasteiger partial charge in [-0.2, -0.15) is 0 Å². The summed E-state index contributed by atoms with van der Waals surface area (Å²) in [5.74, 6) is 0.358. The van der Waals surface area contributed by atoms with E-state index in [1.165, 1.54) is 0 Å². The van der Waals surface area contributed by atoms with Crippen LogP contribution in [0.5, 0.6) is 0 Å². The SMILES string of the molecule is CNc1ncccc1S(=O)(=O)NCC1(C)CCOCC1. The predicted molar refractivity (Wildman–Crippen MR) is 77.1 cm³/mol. The van der Waals surface area contributed by atoms with Crippen molar-refractivity contribution in [2.24, 2.45) is 5.41 Å². The van der Waals surface area contributed by atoms with Crippen LogP contribution in [0.15, 0.2) is 23.2 Å². The number of hydrogen-bond acceptors (Lipinski definition) is 5. The van der Waals surface area contributed by atoms with E-state index in [0.29, 0.717) is 25.6 Å². The molecule has 20 heavy (non-hydrogen) atoms. The smallest absolute Gasteiger partial charge is 0.244 e. The maximum absolute atomic E-state index is 12.4. The van der Waals surface area contributed by atoms with Crippen LogP contribution in [0.2, 0.25) is 0 Å². The Hall–Kier alpha value is -1.18. The van der Waals surface area contributed by atoms with E-state index in [4.69, 9.17) is 4.74 Å². The molecule has 6 nitrogen and oxygen atoms in total. The van der Waals surface area contributed by atoms with Crippen LogP contribution in [0.4, 0.5) is 5.82 Å². The summed E-state index contributed by atoms with van der Waals surface area (Å²) in [4.78, 5) is 4.20. The number of ether oxygens (including phenoxy) is 1. The van der Waals surface area contributed by atoms with Gasteiger partial charge in [0.15, 0.2) is 0 Å². The van der Waals surface area contributed by atoms with E-state index in [2.05, 4.69) is 21.9 Å². The summed E-state index contributed by atoms with van der Waals surface area (Å²) in [6.07, 6.45) is 3.29. The van der Waals surface area contributed by atoms with E-state index < -0.39 is 10.0 Å². The molecule has 0 aromatic carbocycles. The minimum atomic E-state index is -3.56. The van der Waals surface area contributed by atoms with Crippen molar-refractivity contribution in [3.05, 3.63) is 18.3 Å². The molecule has 1 aliphatic heterocycles. The summed E-state index contributed by atoms with van der Waals surface area (Å²) in [5.41, 5.74) is -0.0483. The van der Waals surface area contributed by atoms with Crippen molar-refractivity contribution in [3.8, 4) is 0 Å². The first-order valence-electron chi connectivity index (χ1n) is 6.67. The summed E-state index contributed by atoms with van der Waals surface area (Å²) in [7, 11) is -1.90. The van der Waals surface area contributed by atoms with Gasteiger partial charge in [0, 0.05) is 33.0 Å². The Labute approximate surface area is 120 Å². The number of hydrogen-bond donors (Lipinski definition) is 2. The van der Waals surface area contributed by atoms with E-state index in [1.54, 1.807) is 25.4 Å². The van der Waals surface area contributed by atoms with Crippen LogP contribution in [0.3, 0.4) is 0 Å². The van der Waals surface area contributed by atoms with Crippen molar-refractivity contribution in [1.82, 2.24) is 9.71 Å². The van der Waals surface area contributed by atoms with Gasteiger partial charge in [-0.3, -0.25) is 0 Å². The van der Waals surface area contributed by atoms with Gasteiger partial charge in [-0.15, -0.1) is 0 Å². The lowest BCUT2D eigenvalue weighted by Gasteiger charge is -2.33. The number of nitrogens with one attached hydrogen (secondary N) is 2. The van der Waals surface area contributed by atoms with Gasteiger partial charge < -0.3 is 10.1 Å². The minimum Gasteiger partial charge on any atom is -0.381 e. The normalized spacial score (nSPS) is 18.7. The number of nitrogens with zero attached hydrogens (tertiary/aromatic N) is 1. The van der Waals surface area contributed by atoms with Crippen LogP contribution in [0.1, 0.15) is 19.8 Å². The monoisotopic (exact) mass is 299 g/mol. The maximum Gasteiger partial charge on any atom is 0.244 e. The van der Waals surface area contributed by atoms with E-state index in [1.807, 2.05) is 0 Å². The molecule has 0 bridgehead atoms. The van der Waals surface area contributed by atoms with Crippen molar-refractivity contribution < 1.29 is 13.2 Å². The largest absolute Gasteiger partial charge is 0.381 e. The molecule has 1 aromatic rings. The molecule has 0 atom stereocenters. The standard InChI is InChI=1S/C13H21N3O3S/c1-13(5-8-19-9-6-13)10-16-20(17,18)11-4-3-7-15-12(11)14-2/h3-4,7,16H,5-6,8-10H2,1-2H3,(H,14,15). The van der Waals surface area contributed by atoms with Gasteiger partial charge in [-0.25, -0.2) is 18.1 Å². The molecule has 112 valence electrons. The molecule has 1 saturated heterocycles. The first kappa shape index (κ1) is 15.2. The summed E-state index contributed by atoms with van der Waals surface area (Å²) in [6.45, 7) is 3.87. The first-order chi connectivity index (χ1) is 9.47. The molecule has 7 heteroatoms. The van der Waals surface area contributed by atoms with Crippen molar-refractivity contribution in [2.75, 3.05) is 32.1 Å². The third-order valence-corrected chi connectivity index (χ3v) is 5.12. The Morgan fingerprint density at radius 2 is 2.10 bits per heavy atom. The zero-order valence-electron chi connectivity index (χ0n) is 11.8. The molecule has 1 aromatic heterocycles. The fourth-order valence-corrected chi connectivity index (χ4v) is 3.54. The molecular weight excluding hydrogens is 278 g/mol. The number of rotatable bonds is 5.